The molecule has 2 heterocycles. The van der Waals surface area contributed by atoms with Crippen LogP contribution in [0.15, 0.2) is 29.3 Å². The van der Waals surface area contributed by atoms with E-state index in [2.05, 4.69) is 4.99 Å². The number of hydrogen-bond acceptors (Lipinski definition) is 5. The highest BCUT2D eigenvalue weighted by Crippen LogP contribution is 2.40. The molecule has 0 spiro atoms. The van der Waals surface area contributed by atoms with Crippen LogP contribution < -0.4 is 4.74 Å². The molecule has 1 aromatic carbocycles. The summed E-state index contributed by atoms with van der Waals surface area (Å²) >= 11 is 1.62. The van der Waals surface area contributed by atoms with Gasteiger partial charge in [0.1, 0.15) is 5.75 Å². The van der Waals surface area contributed by atoms with Crippen LogP contribution >= 0.6 is 11.8 Å². The third kappa shape index (κ3) is 1.61. The van der Waals surface area contributed by atoms with Gasteiger partial charge in [-0.15, -0.1) is 0 Å². The molecule has 0 bridgehead atoms. The van der Waals surface area contributed by atoms with Gasteiger partial charge in [0.05, 0.1) is 19.4 Å². The van der Waals surface area contributed by atoms with Crippen molar-refractivity contribution in [2.45, 2.75) is 5.72 Å². The Morgan fingerprint density at radius 2 is 2.18 bits per heavy atom. The molecule has 1 unspecified atom stereocenters. The first kappa shape index (κ1) is 10.9. The molecule has 3 rings (SSSR count). The molecule has 1 aromatic rings. The average molecular weight is 250 g/mol. The second-order valence-electron chi connectivity index (χ2n) is 4.15. The summed E-state index contributed by atoms with van der Waals surface area (Å²) in [5.41, 5.74) is -0.00961. The second-order valence-corrected chi connectivity index (χ2v) is 5.09. The number of benzene rings is 1. The molecule has 1 atom stereocenters. The van der Waals surface area contributed by atoms with Crippen LogP contribution in [0.25, 0.3) is 0 Å². The first-order valence-electron chi connectivity index (χ1n) is 5.56. The highest BCUT2D eigenvalue weighted by molar-refractivity contribution is 8.14. The molecule has 1 fully saturated rings. The second kappa shape index (κ2) is 3.92. The number of ether oxygens (including phenoxy) is 1. The number of thioether (sulfide) groups is 1. The van der Waals surface area contributed by atoms with Crippen molar-refractivity contribution in [3.63, 3.8) is 0 Å². The van der Waals surface area contributed by atoms with Crippen LogP contribution in [0.3, 0.4) is 0 Å². The third-order valence-electron chi connectivity index (χ3n) is 3.20. The highest BCUT2D eigenvalue weighted by atomic mass is 32.2. The topological polar surface area (TPSA) is 45.1 Å². The number of nitrogens with zero attached hydrogens (tertiary/aromatic N) is 2. The monoisotopic (exact) mass is 250 g/mol. The van der Waals surface area contributed by atoms with Crippen LogP contribution in [0.1, 0.15) is 5.56 Å². The molecule has 0 saturated carbocycles. The molecule has 5 heteroatoms. The number of rotatable bonds is 2. The Morgan fingerprint density at radius 3 is 2.88 bits per heavy atom. The van der Waals surface area contributed by atoms with Gasteiger partial charge in [-0.2, -0.15) is 0 Å². The van der Waals surface area contributed by atoms with Gasteiger partial charge in [0.25, 0.3) is 0 Å². The van der Waals surface area contributed by atoms with E-state index in [1.54, 1.807) is 18.9 Å². The van der Waals surface area contributed by atoms with E-state index in [-0.39, 0.29) is 0 Å². The summed E-state index contributed by atoms with van der Waals surface area (Å²) in [5, 5.41) is 11.7. The number of hydrogen-bond donors (Lipinski definition) is 1. The summed E-state index contributed by atoms with van der Waals surface area (Å²) in [7, 11) is 1.64. The molecular formula is C12H14N2O2S. The van der Waals surface area contributed by atoms with Gasteiger partial charge in [-0.25, -0.2) is 0 Å². The molecule has 0 amide bonds. The van der Waals surface area contributed by atoms with Crippen LogP contribution in [-0.4, -0.2) is 41.1 Å². The van der Waals surface area contributed by atoms with E-state index in [0.717, 1.165) is 29.6 Å². The summed E-state index contributed by atoms with van der Waals surface area (Å²) < 4.78 is 5.13. The first-order chi connectivity index (χ1) is 8.24. The Kier molecular flexibility index (Phi) is 2.52. The molecule has 2 aliphatic heterocycles. The van der Waals surface area contributed by atoms with Crippen molar-refractivity contribution in [3.8, 4) is 5.75 Å². The predicted molar refractivity (Wildman–Crippen MR) is 68.4 cm³/mol. The van der Waals surface area contributed by atoms with Crippen molar-refractivity contribution >= 4 is 16.9 Å². The van der Waals surface area contributed by atoms with E-state index in [1.807, 2.05) is 29.2 Å². The predicted octanol–water partition coefficient (Wildman–Crippen LogP) is 1.26. The van der Waals surface area contributed by atoms with Crippen LogP contribution in [0.5, 0.6) is 5.75 Å². The van der Waals surface area contributed by atoms with Crippen molar-refractivity contribution in [3.05, 3.63) is 29.8 Å². The normalized spacial score (nSPS) is 26.9. The minimum Gasteiger partial charge on any atom is -0.497 e. The van der Waals surface area contributed by atoms with E-state index >= 15 is 0 Å². The number of fused-ring (bicyclic) bond motifs is 1. The summed E-state index contributed by atoms with van der Waals surface area (Å²) in [5.74, 6) is 1.44. The molecule has 2 aliphatic rings. The lowest BCUT2D eigenvalue weighted by molar-refractivity contribution is -0.0426. The van der Waals surface area contributed by atoms with Crippen molar-refractivity contribution in [2.24, 2.45) is 4.99 Å². The summed E-state index contributed by atoms with van der Waals surface area (Å²) in [6, 6.07) is 7.59. The Hall–Kier alpha value is -1.20. The average Bonchev–Trinajstić information content (AvgIpc) is 2.95. The Morgan fingerprint density at radius 1 is 1.41 bits per heavy atom. The molecule has 1 saturated heterocycles. The largest absolute Gasteiger partial charge is 0.497 e. The van der Waals surface area contributed by atoms with Crippen molar-refractivity contribution in [1.82, 2.24) is 4.90 Å². The van der Waals surface area contributed by atoms with Gasteiger partial charge < -0.3 is 14.7 Å². The summed E-state index contributed by atoms with van der Waals surface area (Å²) in [6.45, 7) is 1.58. The minimum atomic E-state index is -0.910. The lowest BCUT2D eigenvalue weighted by Crippen LogP contribution is -2.43. The lowest BCUT2D eigenvalue weighted by atomic mass is 10.0. The van der Waals surface area contributed by atoms with Crippen LogP contribution in [0.4, 0.5) is 0 Å². The summed E-state index contributed by atoms with van der Waals surface area (Å²) in [4.78, 5) is 6.36. The van der Waals surface area contributed by atoms with E-state index in [4.69, 9.17) is 4.74 Å². The van der Waals surface area contributed by atoms with Gasteiger partial charge >= 0.3 is 0 Å². The fourth-order valence-corrected chi connectivity index (χ4v) is 3.47. The molecule has 0 aliphatic carbocycles. The number of amidine groups is 1. The smallest absolute Gasteiger partial charge is 0.175 e. The quantitative estimate of drug-likeness (QED) is 0.858. The number of aliphatic imine (C=N–C) groups is 1. The standard InChI is InChI=1S/C12H14N2O2S/c1-16-10-4-2-9(3-5-10)12(15)8-17-11-13-6-7-14(11)12/h2-5,15H,6-8H2,1H3. The first-order valence-corrected chi connectivity index (χ1v) is 6.54. The molecule has 90 valence electrons. The maximum absolute atomic E-state index is 10.8. The Labute approximate surface area is 104 Å². The lowest BCUT2D eigenvalue weighted by Gasteiger charge is -2.32. The van der Waals surface area contributed by atoms with Gasteiger partial charge in [0, 0.05) is 12.1 Å². The Bertz CT molecular complexity index is 460. The van der Waals surface area contributed by atoms with Crippen LogP contribution in [0, 0.1) is 0 Å². The highest BCUT2D eigenvalue weighted by Gasteiger charge is 2.46. The van der Waals surface area contributed by atoms with Crippen molar-refractivity contribution in [2.75, 3.05) is 26.0 Å². The SMILES string of the molecule is COc1ccc(C2(O)CSC3=NCCN32)cc1. The van der Waals surface area contributed by atoms with E-state index in [9.17, 15) is 5.11 Å². The fraction of sp³-hybridized carbons (Fsp3) is 0.417. The van der Waals surface area contributed by atoms with Gasteiger partial charge in [0.2, 0.25) is 0 Å². The van der Waals surface area contributed by atoms with Crippen molar-refractivity contribution in [1.29, 1.82) is 0 Å². The maximum atomic E-state index is 10.8. The molecule has 0 aromatic heterocycles. The number of methoxy groups -OCH3 is 1. The Balaban J connectivity index is 1.94. The van der Waals surface area contributed by atoms with E-state index in [0.29, 0.717) is 5.75 Å². The van der Waals surface area contributed by atoms with Crippen molar-refractivity contribution < 1.29 is 9.84 Å². The molecule has 0 radical (unpaired) electrons. The number of aliphatic hydroxyl groups is 1. The zero-order chi connectivity index (χ0) is 11.9. The van der Waals surface area contributed by atoms with Gasteiger partial charge in [-0.05, 0) is 12.1 Å². The third-order valence-corrected chi connectivity index (χ3v) is 4.36. The van der Waals surface area contributed by atoms with Crippen LogP contribution in [0.2, 0.25) is 0 Å². The minimum absolute atomic E-state index is 0.637. The summed E-state index contributed by atoms with van der Waals surface area (Å²) in [6.07, 6.45) is 0. The molecular weight excluding hydrogens is 236 g/mol. The van der Waals surface area contributed by atoms with E-state index < -0.39 is 5.72 Å². The molecule has 17 heavy (non-hydrogen) atoms. The zero-order valence-electron chi connectivity index (χ0n) is 9.59. The van der Waals surface area contributed by atoms with Crippen LogP contribution in [-0.2, 0) is 5.72 Å². The maximum Gasteiger partial charge on any atom is 0.175 e. The fourth-order valence-electron chi connectivity index (χ4n) is 2.23. The zero-order valence-corrected chi connectivity index (χ0v) is 10.4. The van der Waals surface area contributed by atoms with Gasteiger partial charge in [-0.3, -0.25) is 4.99 Å². The van der Waals surface area contributed by atoms with Gasteiger partial charge in [-0.1, -0.05) is 23.9 Å². The molecule has 4 nitrogen and oxygen atoms in total. The molecule has 1 N–H and O–H groups in total. The van der Waals surface area contributed by atoms with Gasteiger partial charge in [0.15, 0.2) is 10.9 Å². The van der Waals surface area contributed by atoms with E-state index in [1.165, 1.54) is 0 Å².